The summed E-state index contributed by atoms with van der Waals surface area (Å²) in [5, 5.41) is 23.9. The van der Waals surface area contributed by atoms with Gasteiger partial charge in [-0.3, -0.25) is 4.90 Å². The lowest BCUT2D eigenvalue weighted by atomic mass is 9.90. The average Bonchev–Trinajstić information content (AvgIpc) is 2.85. The van der Waals surface area contributed by atoms with Crippen molar-refractivity contribution < 1.29 is 18.3 Å². The molecule has 0 saturated carbocycles. The van der Waals surface area contributed by atoms with Crippen LogP contribution < -0.4 is 4.73 Å². The third-order valence-electron chi connectivity index (χ3n) is 6.00. The highest BCUT2D eigenvalue weighted by Crippen LogP contribution is 2.28. The van der Waals surface area contributed by atoms with Crippen LogP contribution in [0, 0.1) is 28.2 Å². The minimum atomic E-state index is -0.978. The predicted octanol–water partition coefficient (Wildman–Crippen LogP) is 4.27. The van der Waals surface area contributed by atoms with Crippen LogP contribution in [0.1, 0.15) is 41.0 Å². The van der Waals surface area contributed by atoms with Crippen molar-refractivity contribution in [2.75, 3.05) is 19.7 Å². The summed E-state index contributed by atoms with van der Waals surface area (Å²) in [5.41, 5.74) is 3.68. The van der Waals surface area contributed by atoms with Crippen molar-refractivity contribution in [2.24, 2.45) is 5.16 Å². The summed E-state index contributed by atoms with van der Waals surface area (Å²) in [4.78, 5) is 7.40. The number of aromatic nitrogens is 1. The first kappa shape index (κ1) is 23.3. The maximum atomic E-state index is 13.8. The Kier molecular flexibility index (Phi) is 7.45. The molecule has 0 aliphatic carbocycles. The van der Waals surface area contributed by atoms with E-state index in [4.69, 9.17) is 10.1 Å². The van der Waals surface area contributed by atoms with Gasteiger partial charge in [-0.1, -0.05) is 29.4 Å². The van der Waals surface area contributed by atoms with Gasteiger partial charge >= 0.3 is 0 Å². The Hall–Kier alpha value is -3.83. The molecule has 0 amide bonds. The summed E-state index contributed by atoms with van der Waals surface area (Å²) in [6.07, 6.45) is 5.16. The molecule has 0 bridgehead atoms. The molecule has 2 aromatic carbocycles. The van der Waals surface area contributed by atoms with Crippen LogP contribution in [0.3, 0.4) is 0 Å². The lowest BCUT2D eigenvalue weighted by molar-refractivity contribution is -0.605. The van der Waals surface area contributed by atoms with Gasteiger partial charge in [0.1, 0.15) is 11.8 Å². The van der Waals surface area contributed by atoms with E-state index >= 15 is 0 Å². The van der Waals surface area contributed by atoms with E-state index in [2.05, 4.69) is 10.1 Å². The SMILES string of the molecule is N#CCON=C(c1ccc(CN2CCC(c3cc[n+]([O-])cc3)CC2)cc1)c1ccc(F)c(F)c1. The standard InChI is InChI=1S/C26H24F2N4O2/c27-24-6-5-23(17-25(24)28)26(30-34-16-11-29)22-3-1-19(2-4-22)18-31-12-7-20(8-13-31)21-9-14-32(33)15-10-21/h1-6,9-10,14-15,17,20H,7-8,12-13,16,18H2. The van der Waals surface area contributed by atoms with Gasteiger partial charge in [0.05, 0.1) is 0 Å². The van der Waals surface area contributed by atoms with E-state index in [1.165, 1.54) is 11.6 Å². The molecule has 34 heavy (non-hydrogen) atoms. The number of rotatable bonds is 7. The number of pyridine rings is 1. The summed E-state index contributed by atoms with van der Waals surface area (Å²) in [6, 6.07) is 16.8. The number of hydrogen-bond acceptors (Lipinski definition) is 5. The molecule has 0 radical (unpaired) electrons. The van der Waals surface area contributed by atoms with E-state index < -0.39 is 11.6 Å². The molecule has 6 nitrogen and oxygen atoms in total. The number of nitrogens with zero attached hydrogens (tertiary/aromatic N) is 4. The molecule has 0 spiro atoms. The zero-order chi connectivity index (χ0) is 23.9. The fraction of sp³-hybridized carbons (Fsp3) is 0.269. The minimum Gasteiger partial charge on any atom is -0.619 e. The molecule has 0 unspecified atom stereocenters. The Labute approximate surface area is 196 Å². The van der Waals surface area contributed by atoms with Crippen LogP contribution in [0.4, 0.5) is 8.78 Å². The second-order valence-corrected chi connectivity index (χ2v) is 8.24. The molecule has 0 N–H and O–H groups in total. The number of hydrogen-bond donors (Lipinski definition) is 0. The largest absolute Gasteiger partial charge is 0.619 e. The molecule has 0 atom stereocenters. The quantitative estimate of drug-likeness (QED) is 0.173. The highest BCUT2D eigenvalue weighted by molar-refractivity contribution is 6.12. The van der Waals surface area contributed by atoms with Gasteiger partial charge in [-0.2, -0.15) is 9.99 Å². The predicted molar refractivity (Wildman–Crippen MR) is 123 cm³/mol. The van der Waals surface area contributed by atoms with Crippen LogP contribution in [0.2, 0.25) is 0 Å². The number of likely N-dealkylation sites (tertiary alicyclic amines) is 1. The normalized spacial score (nSPS) is 15.1. The molecule has 1 aromatic heterocycles. The summed E-state index contributed by atoms with van der Waals surface area (Å²) < 4.78 is 28.0. The third-order valence-corrected chi connectivity index (χ3v) is 6.00. The van der Waals surface area contributed by atoms with Gasteiger partial charge in [0.25, 0.3) is 0 Å². The van der Waals surface area contributed by atoms with Gasteiger partial charge in [-0.25, -0.2) is 8.78 Å². The summed E-state index contributed by atoms with van der Waals surface area (Å²) in [6.45, 7) is 2.47. The highest BCUT2D eigenvalue weighted by Gasteiger charge is 2.21. The van der Waals surface area contributed by atoms with Gasteiger partial charge in [0.2, 0.25) is 6.61 Å². The highest BCUT2D eigenvalue weighted by atomic mass is 19.2. The maximum Gasteiger partial charge on any atom is 0.202 e. The van der Waals surface area contributed by atoms with Crippen molar-refractivity contribution in [2.45, 2.75) is 25.3 Å². The second kappa shape index (κ2) is 10.9. The lowest BCUT2D eigenvalue weighted by Gasteiger charge is -2.32. The first-order valence-electron chi connectivity index (χ1n) is 11.1. The first-order chi connectivity index (χ1) is 16.5. The van der Waals surface area contributed by atoms with Crippen LogP contribution in [0.25, 0.3) is 0 Å². The van der Waals surface area contributed by atoms with Gasteiger partial charge in [0.15, 0.2) is 24.0 Å². The molecule has 3 aromatic rings. The van der Waals surface area contributed by atoms with Crippen LogP contribution in [0.15, 0.2) is 72.1 Å². The zero-order valence-electron chi connectivity index (χ0n) is 18.5. The fourth-order valence-corrected chi connectivity index (χ4v) is 4.19. The van der Waals surface area contributed by atoms with E-state index in [-0.39, 0.29) is 6.61 Å². The monoisotopic (exact) mass is 462 g/mol. The number of halogens is 2. The fourth-order valence-electron chi connectivity index (χ4n) is 4.19. The topological polar surface area (TPSA) is 75.6 Å². The van der Waals surface area contributed by atoms with Gasteiger partial charge < -0.3 is 10.0 Å². The molecule has 8 heteroatoms. The van der Waals surface area contributed by atoms with E-state index in [0.717, 1.165) is 54.9 Å². The molecule has 174 valence electrons. The molecule has 1 aliphatic rings. The van der Waals surface area contributed by atoms with Gasteiger partial charge in [-0.05, 0) is 61.2 Å². The van der Waals surface area contributed by atoms with E-state index in [1.54, 1.807) is 12.4 Å². The van der Waals surface area contributed by atoms with Crippen molar-refractivity contribution in [1.29, 1.82) is 5.26 Å². The molecule has 1 fully saturated rings. The van der Waals surface area contributed by atoms with Crippen molar-refractivity contribution in [3.63, 3.8) is 0 Å². The van der Waals surface area contributed by atoms with E-state index in [0.29, 0.717) is 22.8 Å². The second-order valence-electron chi connectivity index (χ2n) is 8.24. The maximum absolute atomic E-state index is 13.8. The van der Waals surface area contributed by atoms with Gasteiger partial charge in [0, 0.05) is 29.8 Å². The Morgan fingerprint density at radius 1 is 1.03 bits per heavy atom. The van der Waals surface area contributed by atoms with Crippen molar-refractivity contribution in [3.05, 3.63) is 106 Å². The Morgan fingerprint density at radius 2 is 1.71 bits per heavy atom. The Morgan fingerprint density at radius 3 is 2.35 bits per heavy atom. The number of benzene rings is 2. The lowest BCUT2D eigenvalue weighted by Crippen LogP contribution is -2.33. The average molecular weight is 463 g/mol. The zero-order valence-corrected chi connectivity index (χ0v) is 18.5. The van der Waals surface area contributed by atoms with Crippen molar-refractivity contribution >= 4 is 5.71 Å². The van der Waals surface area contributed by atoms with Crippen LogP contribution in [0.5, 0.6) is 0 Å². The number of oxime groups is 1. The van der Waals surface area contributed by atoms with Crippen LogP contribution in [-0.2, 0) is 11.4 Å². The van der Waals surface area contributed by atoms with Gasteiger partial charge in [-0.15, -0.1) is 0 Å². The van der Waals surface area contributed by atoms with Crippen LogP contribution >= 0.6 is 0 Å². The van der Waals surface area contributed by atoms with Crippen molar-refractivity contribution in [1.82, 2.24) is 4.90 Å². The molecule has 1 aliphatic heterocycles. The Balaban J connectivity index is 1.42. The summed E-state index contributed by atoms with van der Waals surface area (Å²) in [5.74, 6) is -1.46. The number of piperidine rings is 1. The minimum absolute atomic E-state index is 0.249. The summed E-state index contributed by atoms with van der Waals surface area (Å²) in [7, 11) is 0. The molecular formula is C26H24F2N4O2. The number of nitriles is 1. The summed E-state index contributed by atoms with van der Waals surface area (Å²) >= 11 is 0. The molecular weight excluding hydrogens is 438 g/mol. The molecule has 4 rings (SSSR count). The van der Waals surface area contributed by atoms with Crippen molar-refractivity contribution in [3.8, 4) is 6.07 Å². The molecule has 1 saturated heterocycles. The first-order valence-corrected chi connectivity index (χ1v) is 11.1. The van der Waals surface area contributed by atoms with E-state index in [9.17, 15) is 14.0 Å². The van der Waals surface area contributed by atoms with E-state index in [1.807, 2.05) is 42.5 Å². The smallest absolute Gasteiger partial charge is 0.202 e. The Bertz CT molecular complexity index is 1180. The van der Waals surface area contributed by atoms with Crippen LogP contribution in [-0.4, -0.2) is 30.3 Å². The molecule has 2 heterocycles. The third kappa shape index (κ3) is 5.74.